The van der Waals surface area contributed by atoms with Crippen molar-refractivity contribution < 1.29 is 32.7 Å². The van der Waals surface area contributed by atoms with Gasteiger partial charge in [-0.1, -0.05) is 29.8 Å². The molecule has 2 aliphatic rings. The summed E-state index contributed by atoms with van der Waals surface area (Å²) in [6, 6.07) is 25.7. The smallest absolute Gasteiger partial charge is 0.472 e. The number of carbonyl (C=O) groups excluding carboxylic acids is 2. The first-order chi connectivity index (χ1) is 27.8. The third kappa shape index (κ3) is 8.38. The van der Waals surface area contributed by atoms with E-state index in [1.54, 1.807) is 24.4 Å². The number of alkyl halides is 3. The summed E-state index contributed by atoms with van der Waals surface area (Å²) in [6.07, 6.45) is 6.55. The second kappa shape index (κ2) is 15.6. The second-order valence-electron chi connectivity index (χ2n) is 14.8. The van der Waals surface area contributed by atoms with E-state index >= 15 is 0 Å². The van der Waals surface area contributed by atoms with E-state index in [9.17, 15) is 32.7 Å². The highest BCUT2D eigenvalue weighted by Gasteiger charge is 2.45. The lowest BCUT2D eigenvalue weighted by Gasteiger charge is -2.25. The Morgan fingerprint density at radius 2 is 1.57 bits per heavy atom. The maximum Gasteiger partial charge on any atom is 0.472 e. The van der Waals surface area contributed by atoms with Crippen molar-refractivity contribution >= 4 is 62.6 Å². The van der Waals surface area contributed by atoms with Crippen molar-refractivity contribution in [2.45, 2.75) is 63.6 Å². The van der Waals surface area contributed by atoms with Crippen LogP contribution in [0.3, 0.4) is 0 Å². The largest absolute Gasteiger partial charge is 0.478 e. The summed E-state index contributed by atoms with van der Waals surface area (Å²) >= 11 is 6.11. The monoisotopic (exact) mass is 803 g/mol. The van der Waals surface area contributed by atoms with Crippen LogP contribution in [0.1, 0.15) is 93.1 Å². The SMILES string of the molecule is CC(=O)c1cc(C2CC2)cnc1N(C(=O)C(F)(F)F)c1ccc2[nH]ccc2c1.O=C(O)c1cc(C2CC2)cnc1Cc1ccc2c(ccn2Cc2cccc(Cl)c2)c1. The normalized spacial score (nSPS) is 13.9. The Morgan fingerprint density at radius 3 is 2.24 bits per heavy atom. The van der Waals surface area contributed by atoms with E-state index in [1.165, 1.54) is 25.3 Å². The molecule has 4 heterocycles. The van der Waals surface area contributed by atoms with Crippen molar-refractivity contribution in [2.75, 3.05) is 4.90 Å². The number of pyridine rings is 2. The summed E-state index contributed by atoms with van der Waals surface area (Å²) in [6.45, 7) is 2.00. The molecule has 0 aliphatic heterocycles. The van der Waals surface area contributed by atoms with E-state index in [4.69, 9.17) is 11.6 Å². The molecule has 3 aromatic carbocycles. The van der Waals surface area contributed by atoms with Crippen LogP contribution in [0.4, 0.5) is 24.7 Å². The fourth-order valence-corrected chi connectivity index (χ4v) is 7.40. The van der Waals surface area contributed by atoms with Crippen LogP contribution in [0.2, 0.25) is 5.02 Å². The van der Waals surface area contributed by atoms with Gasteiger partial charge >= 0.3 is 18.1 Å². The number of amides is 1. The van der Waals surface area contributed by atoms with Crippen LogP contribution < -0.4 is 4.90 Å². The summed E-state index contributed by atoms with van der Waals surface area (Å²) in [5, 5.41) is 12.2. The molecule has 0 radical (unpaired) electrons. The third-order valence-electron chi connectivity index (χ3n) is 10.5. The van der Waals surface area contributed by atoms with Gasteiger partial charge in [0, 0.05) is 59.2 Å². The molecular formula is C45H37ClF3N5O4. The zero-order valence-corrected chi connectivity index (χ0v) is 32.0. The second-order valence-corrected chi connectivity index (χ2v) is 15.3. The van der Waals surface area contributed by atoms with Gasteiger partial charge < -0.3 is 14.7 Å². The minimum Gasteiger partial charge on any atom is -0.478 e. The van der Waals surface area contributed by atoms with Crippen LogP contribution in [0.5, 0.6) is 0 Å². The zero-order chi connectivity index (χ0) is 40.7. The number of ketones is 1. The number of nitrogens with zero attached hydrogens (tertiary/aromatic N) is 4. The van der Waals surface area contributed by atoms with Crippen LogP contribution in [0.15, 0.2) is 110 Å². The van der Waals surface area contributed by atoms with E-state index in [0.717, 1.165) is 70.4 Å². The molecule has 2 N–H and O–H groups in total. The van der Waals surface area contributed by atoms with Gasteiger partial charge in [-0.25, -0.2) is 9.78 Å². The van der Waals surface area contributed by atoms with Gasteiger partial charge in [-0.2, -0.15) is 13.2 Å². The van der Waals surface area contributed by atoms with Crippen molar-refractivity contribution in [1.29, 1.82) is 0 Å². The van der Waals surface area contributed by atoms with Gasteiger partial charge in [-0.3, -0.25) is 19.5 Å². The maximum absolute atomic E-state index is 13.4. The van der Waals surface area contributed by atoms with E-state index < -0.39 is 23.8 Å². The van der Waals surface area contributed by atoms with Gasteiger partial charge in [0.1, 0.15) is 0 Å². The molecular weight excluding hydrogens is 767 g/mol. The zero-order valence-electron chi connectivity index (χ0n) is 31.3. The van der Waals surface area contributed by atoms with E-state index in [0.29, 0.717) is 39.4 Å². The number of fused-ring (bicyclic) bond motifs is 2. The quantitative estimate of drug-likeness (QED) is 0.133. The highest BCUT2D eigenvalue weighted by atomic mass is 35.5. The van der Waals surface area contributed by atoms with Gasteiger partial charge in [0.05, 0.1) is 22.5 Å². The molecule has 13 heteroatoms. The average Bonchev–Trinajstić information content (AvgIpc) is 4.14. The number of aromatic carboxylic acids is 1. The summed E-state index contributed by atoms with van der Waals surface area (Å²) in [4.78, 5) is 48.3. The number of benzene rings is 3. The number of hydrogen-bond donors (Lipinski definition) is 2. The van der Waals surface area contributed by atoms with Gasteiger partial charge in [0.25, 0.3) is 0 Å². The van der Waals surface area contributed by atoms with E-state index in [2.05, 4.69) is 56.0 Å². The molecule has 0 bridgehead atoms. The summed E-state index contributed by atoms with van der Waals surface area (Å²) < 4.78 is 42.3. The Kier molecular flexibility index (Phi) is 10.4. The Hall–Kier alpha value is -6.27. The number of aromatic amines is 1. The van der Waals surface area contributed by atoms with Gasteiger partial charge in [-0.15, -0.1) is 0 Å². The lowest BCUT2D eigenvalue weighted by atomic mass is 10.0. The molecule has 0 spiro atoms. The Labute approximate surface area is 336 Å². The first-order valence-corrected chi connectivity index (χ1v) is 19.2. The number of carboxylic acid groups (broad SMARTS) is 1. The topological polar surface area (TPSA) is 121 Å². The number of rotatable bonds is 10. The fourth-order valence-electron chi connectivity index (χ4n) is 7.19. The summed E-state index contributed by atoms with van der Waals surface area (Å²) in [7, 11) is 0. The third-order valence-corrected chi connectivity index (χ3v) is 10.7. The lowest BCUT2D eigenvalue weighted by molar-refractivity contribution is -0.169. The molecule has 0 atom stereocenters. The molecule has 2 fully saturated rings. The molecule has 58 heavy (non-hydrogen) atoms. The van der Waals surface area contributed by atoms with Crippen LogP contribution in [-0.4, -0.2) is 48.5 Å². The maximum atomic E-state index is 13.4. The van der Waals surface area contributed by atoms with Crippen molar-refractivity contribution in [3.63, 3.8) is 0 Å². The van der Waals surface area contributed by atoms with Crippen molar-refractivity contribution in [3.8, 4) is 0 Å². The number of hydrogen-bond acceptors (Lipinski definition) is 5. The minimum absolute atomic E-state index is 0.00355. The van der Waals surface area contributed by atoms with E-state index in [1.807, 2.05) is 30.5 Å². The molecule has 7 aromatic rings. The number of aromatic nitrogens is 4. The summed E-state index contributed by atoms with van der Waals surface area (Å²) in [5.74, 6) is -3.02. The number of carboxylic acids is 1. The van der Waals surface area contributed by atoms with Crippen LogP contribution in [-0.2, 0) is 17.8 Å². The molecule has 0 saturated heterocycles. The van der Waals surface area contributed by atoms with Gasteiger partial charge in [-0.05, 0) is 139 Å². The van der Waals surface area contributed by atoms with Crippen LogP contribution in [0.25, 0.3) is 21.8 Å². The molecule has 2 aliphatic carbocycles. The molecule has 294 valence electrons. The number of carbonyl (C=O) groups is 3. The van der Waals surface area contributed by atoms with Crippen molar-refractivity contribution in [1.82, 2.24) is 19.5 Å². The molecule has 9 rings (SSSR count). The average molecular weight is 804 g/mol. The molecule has 4 aromatic heterocycles. The van der Waals surface area contributed by atoms with Crippen molar-refractivity contribution in [2.24, 2.45) is 0 Å². The Bertz CT molecular complexity index is 2710. The highest BCUT2D eigenvalue weighted by Crippen LogP contribution is 2.42. The number of nitrogens with one attached hydrogen (secondary N) is 1. The number of H-pyrrole nitrogens is 1. The predicted octanol–water partition coefficient (Wildman–Crippen LogP) is 10.8. The molecule has 1 amide bonds. The minimum atomic E-state index is -5.13. The Balaban J connectivity index is 0.000000162. The van der Waals surface area contributed by atoms with Gasteiger partial charge in [0.2, 0.25) is 0 Å². The van der Waals surface area contributed by atoms with Gasteiger partial charge in [0.15, 0.2) is 11.6 Å². The summed E-state index contributed by atoms with van der Waals surface area (Å²) in [5.41, 5.74) is 6.81. The first kappa shape index (κ1) is 38.6. The first-order valence-electron chi connectivity index (χ1n) is 18.9. The molecule has 2 saturated carbocycles. The highest BCUT2D eigenvalue weighted by molar-refractivity contribution is 6.30. The fraction of sp³-hybridized carbons (Fsp3) is 0.222. The molecule has 9 nitrogen and oxygen atoms in total. The predicted molar refractivity (Wildman–Crippen MR) is 216 cm³/mol. The van der Waals surface area contributed by atoms with E-state index in [-0.39, 0.29) is 23.0 Å². The Morgan fingerprint density at radius 1 is 0.845 bits per heavy atom. The number of halogens is 4. The van der Waals surface area contributed by atoms with Crippen LogP contribution >= 0.6 is 11.6 Å². The number of anilines is 2. The standard InChI is InChI=1S/C25H21ClN2O2.C20H16F3N3O2/c26-21-3-1-2-17(11-21)15-28-9-8-19-10-16(4-7-24(19)28)12-23-22(25(29)30)13-20(14-27-23)18-5-6-18;1-11(27)16-9-14(12-2-3-12)10-25-18(16)26(19(28)20(21,22)23)15-4-5-17-13(8-15)6-7-24-17/h1-4,7-11,13-14,18H,5-6,12,15H2,(H,29,30);4-10,12,24H,2-3H2,1H3. The molecule has 0 unspecified atom stereocenters. The number of Topliss-reactive ketones (excluding diaryl/α,β-unsaturated/α-hetero) is 1. The van der Waals surface area contributed by atoms with Crippen molar-refractivity contribution in [3.05, 3.63) is 154 Å². The van der Waals surface area contributed by atoms with Crippen LogP contribution in [0, 0.1) is 0 Å². The lowest BCUT2D eigenvalue weighted by Crippen LogP contribution is -2.39.